The second-order valence-corrected chi connectivity index (χ2v) is 5.66. The van der Waals surface area contributed by atoms with Crippen LogP contribution in [0.25, 0.3) is 0 Å². The molecule has 0 aromatic carbocycles. The molecule has 5 nitrogen and oxygen atoms in total. The Labute approximate surface area is 123 Å². The predicted molar refractivity (Wildman–Crippen MR) is 75.4 cm³/mol. The number of aromatic nitrogens is 3. The lowest BCUT2D eigenvalue weighted by atomic mass is 10.4. The van der Waals surface area contributed by atoms with E-state index < -0.39 is 0 Å². The van der Waals surface area contributed by atoms with E-state index in [0.717, 1.165) is 17.3 Å². The highest BCUT2D eigenvalue weighted by molar-refractivity contribution is 9.10. The maximum atomic E-state index is 12.2. The van der Waals surface area contributed by atoms with Crippen molar-refractivity contribution in [3.8, 4) is 0 Å². The number of carbonyl (C=O) groups excluding carboxylic acids is 1. The average Bonchev–Trinajstić information content (AvgIpc) is 3.15. The number of anilines is 1. The molecule has 0 atom stereocenters. The summed E-state index contributed by atoms with van der Waals surface area (Å²) in [5, 5.41) is 3.00. The fourth-order valence-electron chi connectivity index (χ4n) is 1.84. The molecule has 1 aliphatic carbocycles. The fourth-order valence-corrected chi connectivity index (χ4v) is 2.37. The van der Waals surface area contributed by atoms with Crippen LogP contribution in [0.4, 0.5) is 5.82 Å². The number of hydrogen-bond donors (Lipinski definition) is 1. The average molecular weight is 342 g/mol. The first-order chi connectivity index (χ1) is 9.13. The van der Waals surface area contributed by atoms with E-state index in [1.165, 1.54) is 12.4 Å². The lowest BCUT2D eigenvalue weighted by molar-refractivity contribution is 0.101. The first-order valence-electron chi connectivity index (χ1n) is 5.80. The molecule has 1 aliphatic rings. The van der Waals surface area contributed by atoms with Gasteiger partial charge in [-0.1, -0.05) is 11.6 Å². The third-order valence-corrected chi connectivity index (χ3v) is 3.48. The molecule has 7 heteroatoms. The molecule has 1 N–H and O–H groups in total. The molecule has 1 saturated carbocycles. The summed E-state index contributed by atoms with van der Waals surface area (Å²) < 4.78 is 2.88. The van der Waals surface area contributed by atoms with Crippen LogP contribution in [0.1, 0.15) is 29.4 Å². The van der Waals surface area contributed by atoms with E-state index >= 15 is 0 Å². The SMILES string of the molecule is O=C(Nc1cnc(Cl)cn1)c1cc(Br)cn1C1CC1. The van der Waals surface area contributed by atoms with Gasteiger partial charge in [0.1, 0.15) is 10.8 Å². The quantitative estimate of drug-likeness (QED) is 0.932. The van der Waals surface area contributed by atoms with E-state index in [0.29, 0.717) is 22.7 Å². The summed E-state index contributed by atoms with van der Waals surface area (Å²) >= 11 is 9.04. The van der Waals surface area contributed by atoms with Crippen molar-refractivity contribution >= 4 is 39.3 Å². The molecule has 98 valence electrons. The van der Waals surface area contributed by atoms with Crippen molar-refractivity contribution in [1.29, 1.82) is 0 Å². The molecule has 0 aliphatic heterocycles. The third-order valence-electron chi connectivity index (χ3n) is 2.85. The lowest BCUT2D eigenvalue weighted by Gasteiger charge is -2.07. The van der Waals surface area contributed by atoms with Crippen LogP contribution in [0.3, 0.4) is 0 Å². The number of carbonyl (C=O) groups is 1. The first-order valence-corrected chi connectivity index (χ1v) is 6.97. The second kappa shape index (κ2) is 4.94. The predicted octanol–water partition coefficient (Wildman–Crippen LogP) is 3.28. The lowest BCUT2D eigenvalue weighted by Crippen LogP contribution is -2.17. The standard InChI is InChI=1S/C12H10BrClN4O/c13-7-3-9(18(6-7)8-1-2-8)12(19)17-11-5-15-10(14)4-16-11/h3-6,8H,1-2H2,(H,16,17,19). The number of halogens is 2. The summed E-state index contributed by atoms with van der Waals surface area (Å²) in [6, 6.07) is 2.24. The Bertz CT molecular complexity index is 621. The molecule has 0 bridgehead atoms. The molecule has 1 amide bonds. The highest BCUT2D eigenvalue weighted by Gasteiger charge is 2.27. The van der Waals surface area contributed by atoms with E-state index in [4.69, 9.17) is 11.6 Å². The van der Waals surface area contributed by atoms with E-state index in [9.17, 15) is 4.79 Å². The molecule has 2 aromatic heterocycles. The molecule has 3 rings (SSSR count). The fraction of sp³-hybridized carbons (Fsp3) is 0.250. The highest BCUT2D eigenvalue weighted by Crippen LogP contribution is 2.37. The van der Waals surface area contributed by atoms with Gasteiger partial charge >= 0.3 is 0 Å². The molecular weight excluding hydrogens is 332 g/mol. The highest BCUT2D eigenvalue weighted by atomic mass is 79.9. The zero-order chi connectivity index (χ0) is 13.4. The summed E-state index contributed by atoms with van der Waals surface area (Å²) in [6.07, 6.45) is 6.98. The maximum Gasteiger partial charge on any atom is 0.273 e. The Morgan fingerprint density at radius 2 is 2.21 bits per heavy atom. The molecule has 0 saturated heterocycles. The monoisotopic (exact) mass is 340 g/mol. The van der Waals surface area contributed by atoms with Crippen LogP contribution in [-0.4, -0.2) is 20.4 Å². The van der Waals surface area contributed by atoms with E-state index in [1.54, 1.807) is 6.07 Å². The van der Waals surface area contributed by atoms with Gasteiger partial charge in [-0.25, -0.2) is 9.97 Å². The summed E-state index contributed by atoms with van der Waals surface area (Å²) in [5.41, 5.74) is 0.617. The van der Waals surface area contributed by atoms with Crippen molar-refractivity contribution in [1.82, 2.24) is 14.5 Å². The largest absolute Gasteiger partial charge is 0.339 e. The minimum Gasteiger partial charge on any atom is -0.339 e. The molecule has 1 fully saturated rings. The van der Waals surface area contributed by atoms with Crippen molar-refractivity contribution in [2.75, 3.05) is 5.32 Å². The molecule has 2 aromatic rings. The minimum absolute atomic E-state index is 0.200. The van der Waals surface area contributed by atoms with Crippen LogP contribution in [0.2, 0.25) is 5.15 Å². The van der Waals surface area contributed by atoms with Gasteiger partial charge in [-0.15, -0.1) is 0 Å². The Hall–Kier alpha value is -1.40. The van der Waals surface area contributed by atoms with Crippen molar-refractivity contribution in [3.05, 3.63) is 40.0 Å². The number of amides is 1. The van der Waals surface area contributed by atoms with Crippen molar-refractivity contribution in [2.45, 2.75) is 18.9 Å². The van der Waals surface area contributed by atoms with Gasteiger partial charge in [0.25, 0.3) is 5.91 Å². The van der Waals surface area contributed by atoms with Gasteiger partial charge in [0.2, 0.25) is 0 Å². The van der Waals surface area contributed by atoms with Gasteiger partial charge in [-0.2, -0.15) is 0 Å². The summed E-state index contributed by atoms with van der Waals surface area (Å²) in [4.78, 5) is 20.1. The second-order valence-electron chi connectivity index (χ2n) is 4.36. The molecule has 0 unspecified atom stereocenters. The van der Waals surface area contributed by atoms with Crippen LogP contribution in [0, 0.1) is 0 Å². The Kier molecular flexibility index (Phi) is 3.28. The molecule has 0 radical (unpaired) electrons. The Morgan fingerprint density at radius 1 is 1.42 bits per heavy atom. The molecule has 0 spiro atoms. The van der Waals surface area contributed by atoms with E-state index in [1.807, 2.05) is 10.8 Å². The van der Waals surface area contributed by atoms with Gasteiger partial charge in [-0.05, 0) is 34.8 Å². The summed E-state index contributed by atoms with van der Waals surface area (Å²) in [6.45, 7) is 0. The number of rotatable bonds is 3. The topological polar surface area (TPSA) is 59.8 Å². The van der Waals surface area contributed by atoms with Gasteiger partial charge in [0.15, 0.2) is 5.82 Å². The zero-order valence-electron chi connectivity index (χ0n) is 9.81. The van der Waals surface area contributed by atoms with Gasteiger partial charge in [0.05, 0.1) is 12.4 Å². The number of nitrogens with zero attached hydrogens (tertiary/aromatic N) is 3. The minimum atomic E-state index is -0.200. The zero-order valence-corrected chi connectivity index (χ0v) is 12.1. The smallest absolute Gasteiger partial charge is 0.273 e. The molecule has 19 heavy (non-hydrogen) atoms. The normalized spacial score (nSPS) is 14.4. The van der Waals surface area contributed by atoms with Crippen molar-refractivity contribution in [3.63, 3.8) is 0 Å². The van der Waals surface area contributed by atoms with E-state index in [2.05, 4.69) is 31.2 Å². The van der Waals surface area contributed by atoms with Gasteiger partial charge < -0.3 is 9.88 Å². The van der Waals surface area contributed by atoms with Gasteiger partial charge in [-0.3, -0.25) is 4.79 Å². The van der Waals surface area contributed by atoms with Gasteiger partial charge in [0, 0.05) is 16.7 Å². The summed E-state index contributed by atoms with van der Waals surface area (Å²) in [7, 11) is 0. The van der Waals surface area contributed by atoms with Crippen LogP contribution in [-0.2, 0) is 0 Å². The van der Waals surface area contributed by atoms with Crippen LogP contribution >= 0.6 is 27.5 Å². The number of nitrogens with one attached hydrogen (secondary N) is 1. The van der Waals surface area contributed by atoms with Crippen molar-refractivity contribution in [2.24, 2.45) is 0 Å². The van der Waals surface area contributed by atoms with E-state index in [-0.39, 0.29) is 5.91 Å². The van der Waals surface area contributed by atoms with Crippen LogP contribution < -0.4 is 5.32 Å². The van der Waals surface area contributed by atoms with Crippen LogP contribution in [0.5, 0.6) is 0 Å². The maximum absolute atomic E-state index is 12.2. The third kappa shape index (κ3) is 2.79. The molecule has 2 heterocycles. The molecular formula is C12H10BrClN4O. The summed E-state index contributed by atoms with van der Waals surface area (Å²) in [5.74, 6) is 0.184. The van der Waals surface area contributed by atoms with Crippen molar-refractivity contribution < 1.29 is 4.79 Å². The Balaban J connectivity index is 1.82. The number of hydrogen-bond acceptors (Lipinski definition) is 3. The van der Waals surface area contributed by atoms with Crippen LogP contribution in [0.15, 0.2) is 29.1 Å². The Morgan fingerprint density at radius 3 is 2.84 bits per heavy atom. The first kappa shape index (κ1) is 12.6.